The molecule has 0 bridgehead atoms. The summed E-state index contributed by atoms with van der Waals surface area (Å²) in [6.45, 7) is 9.03. The largest absolute Gasteiger partial charge is 0.388 e. The van der Waals surface area contributed by atoms with Gasteiger partial charge in [0, 0.05) is 19.6 Å². The second-order valence-electron chi connectivity index (χ2n) is 6.67. The van der Waals surface area contributed by atoms with Crippen molar-refractivity contribution in [2.45, 2.75) is 45.1 Å². The fourth-order valence-electron chi connectivity index (χ4n) is 3.47. The standard InChI is InChI=1S/C16H26N4O/c1-13-11-17-18-15(14(13)2)20-9-5-16(21,6-10-20)12-19-7-3-4-8-19/h11,21H,3-10,12H2,1-2H3. The Labute approximate surface area is 127 Å². The first-order valence-electron chi connectivity index (χ1n) is 8.06. The highest BCUT2D eigenvalue weighted by molar-refractivity contribution is 5.48. The van der Waals surface area contributed by atoms with Gasteiger partial charge in [0.15, 0.2) is 5.82 Å². The van der Waals surface area contributed by atoms with Crippen LogP contribution >= 0.6 is 0 Å². The molecule has 21 heavy (non-hydrogen) atoms. The zero-order valence-electron chi connectivity index (χ0n) is 13.2. The van der Waals surface area contributed by atoms with Gasteiger partial charge in [-0.2, -0.15) is 5.10 Å². The van der Waals surface area contributed by atoms with E-state index in [-0.39, 0.29) is 0 Å². The Hall–Kier alpha value is -1.20. The van der Waals surface area contributed by atoms with Gasteiger partial charge >= 0.3 is 0 Å². The maximum atomic E-state index is 10.8. The Morgan fingerprint density at radius 2 is 1.81 bits per heavy atom. The molecule has 3 heterocycles. The van der Waals surface area contributed by atoms with Gasteiger partial charge < -0.3 is 14.9 Å². The SMILES string of the molecule is Cc1cnnc(N2CCC(O)(CN3CCCC3)CC2)c1C. The second kappa shape index (κ2) is 5.89. The van der Waals surface area contributed by atoms with E-state index in [2.05, 4.69) is 33.8 Å². The first kappa shape index (κ1) is 14.7. The van der Waals surface area contributed by atoms with Crippen molar-refractivity contribution in [3.8, 4) is 0 Å². The molecule has 0 amide bonds. The van der Waals surface area contributed by atoms with E-state index in [1.165, 1.54) is 24.0 Å². The zero-order valence-corrected chi connectivity index (χ0v) is 13.2. The Balaban J connectivity index is 1.62. The molecule has 2 fully saturated rings. The predicted octanol–water partition coefficient (Wildman–Crippen LogP) is 1.52. The molecule has 1 aromatic heterocycles. The molecule has 0 aromatic carbocycles. The molecule has 1 N–H and O–H groups in total. The van der Waals surface area contributed by atoms with E-state index in [0.29, 0.717) is 0 Å². The van der Waals surface area contributed by atoms with Crippen molar-refractivity contribution < 1.29 is 5.11 Å². The van der Waals surface area contributed by atoms with Gasteiger partial charge in [0.2, 0.25) is 0 Å². The summed E-state index contributed by atoms with van der Waals surface area (Å²) in [5.41, 5.74) is 1.86. The van der Waals surface area contributed by atoms with Crippen molar-refractivity contribution in [3.05, 3.63) is 17.3 Å². The summed E-state index contributed by atoms with van der Waals surface area (Å²) >= 11 is 0. The number of β-amino-alcohol motifs (C(OH)–C–C–N with tert-alkyl or cyclic N) is 1. The quantitative estimate of drug-likeness (QED) is 0.915. The average molecular weight is 290 g/mol. The van der Waals surface area contributed by atoms with Crippen LogP contribution in [0.1, 0.15) is 36.8 Å². The van der Waals surface area contributed by atoms with E-state index in [4.69, 9.17) is 0 Å². The number of aliphatic hydroxyl groups is 1. The maximum absolute atomic E-state index is 10.8. The van der Waals surface area contributed by atoms with E-state index < -0.39 is 5.60 Å². The molecule has 116 valence electrons. The number of anilines is 1. The van der Waals surface area contributed by atoms with Crippen LogP contribution in [0.15, 0.2) is 6.20 Å². The van der Waals surface area contributed by atoms with Crippen LogP contribution < -0.4 is 4.90 Å². The van der Waals surface area contributed by atoms with Gasteiger partial charge in [0.1, 0.15) is 0 Å². The van der Waals surface area contributed by atoms with Gasteiger partial charge in [-0.05, 0) is 63.7 Å². The van der Waals surface area contributed by atoms with Crippen molar-refractivity contribution >= 4 is 5.82 Å². The van der Waals surface area contributed by atoms with Gasteiger partial charge in [-0.15, -0.1) is 5.10 Å². The lowest BCUT2D eigenvalue weighted by Crippen LogP contribution is -2.50. The van der Waals surface area contributed by atoms with Crippen LogP contribution in [0.25, 0.3) is 0 Å². The van der Waals surface area contributed by atoms with Crippen LogP contribution in [0.5, 0.6) is 0 Å². The Bertz CT molecular complexity index is 491. The lowest BCUT2D eigenvalue weighted by molar-refractivity contribution is -0.0112. The maximum Gasteiger partial charge on any atom is 0.154 e. The van der Waals surface area contributed by atoms with Gasteiger partial charge in [-0.1, -0.05) is 0 Å². The zero-order chi connectivity index (χ0) is 14.9. The number of likely N-dealkylation sites (tertiary alicyclic amines) is 1. The minimum atomic E-state index is -0.522. The Morgan fingerprint density at radius 1 is 1.14 bits per heavy atom. The van der Waals surface area contributed by atoms with Gasteiger partial charge in [-0.3, -0.25) is 0 Å². The molecule has 1 aromatic rings. The average Bonchev–Trinajstić information content (AvgIpc) is 2.95. The Kier molecular flexibility index (Phi) is 4.13. The number of nitrogens with zero attached hydrogens (tertiary/aromatic N) is 4. The molecule has 5 heteroatoms. The van der Waals surface area contributed by atoms with Crippen molar-refractivity contribution in [1.29, 1.82) is 0 Å². The Morgan fingerprint density at radius 3 is 2.48 bits per heavy atom. The van der Waals surface area contributed by atoms with Crippen molar-refractivity contribution in [3.63, 3.8) is 0 Å². The third-order valence-corrected chi connectivity index (χ3v) is 5.04. The molecule has 3 rings (SSSR count). The highest BCUT2D eigenvalue weighted by Gasteiger charge is 2.35. The molecule has 0 atom stereocenters. The highest BCUT2D eigenvalue weighted by Crippen LogP contribution is 2.29. The minimum Gasteiger partial charge on any atom is -0.388 e. The van der Waals surface area contributed by atoms with Crippen LogP contribution in [0.3, 0.4) is 0 Å². The fourth-order valence-corrected chi connectivity index (χ4v) is 3.47. The van der Waals surface area contributed by atoms with Crippen LogP contribution in [-0.2, 0) is 0 Å². The number of piperidine rings is 1. The summed E-state index contributed by atoms with van der Waals surface area (Å²) < 4.78 is 0. The molecule has 2 aliphatic rings. The number of aryl methyl sites for hydroxylation is 1. The molecular weight excluding hydrogens is 264 g/mol. The van der Waals surface area contributed by atoms with Crippen LogP contribution in [0.4, 0.5) is 5.82 Å². The summed E-state index contributed by atoms with van der Waals surface area (Å²) in [4.78, 5) is 4.68. The summed E-state index contributed by atoms with van der Waals surface area (Å²) in [5.74, 6) is 0.984. The third-order valence-electron chi connectivity index (χ3n) is 5.04. The van der Waals surface area contributed by atoms with Crippen molar-refractivity contribution in [2.75, 3.05) is 37.6 Å². The summed E-state index contributed by atoms with van der Waals surface area (Å²) in [5, 5.41) is 19.2. The fraction of sp³-hybridized carbons (Fsp3) is 0.750. The summed E-state index contributed by atoms with van der Waals surface area (Å²) in [6.07, 6.45) is 6.00. The van der Waals surface area contributed by atoms with Gasteiger partial charge in [0.25, 0.3) is 0 Å². The predicted molar refractivity (Wildman–Crippen MR) is 83.6 cm³/mol. The first-order valence-corrected chi connectivity index (χ1v) is 8.06. The summed E-state index contributed by atoms with van der Waals surface area (Å²) in [7, 11) is 0. The lowest BCUT2D eigenvalue weighted by atomic mass is 9.90. The molecule has 0 aliphatic carbocycles. The minimum absolute atomic E-state index is 0.522. The molecule has 5 nitrogen and oxygen atoms in total. The van der Waals surface area contributed by atoms with Crippen LogP contribution in [0, 0.1) is 13.8 Å². The summed E-state index contributed by atoms with van der Waals surface area (Å²) in [6, 6.07) is 0. The van der Waals surface area contributed by atoms with Crippen LogP contribution in [-0.4, -0.2) is 58.5 Å². The molecule has 2 saturated heterocycles. The number of aromatic nitrogens is 2. The van der Waals surface area contributed by atoms with Gasteiger partial charge in [0.05, 0.1) is 11.8 Å². The molecule has 0 saturated carbocycles. The number of hydrogen-bond acceptors (Lipinski definition) is 5. The molecule has 0 unspecified atom stereocenters. The molecular formula is C16H26N4O. The van der Waals surface area contributed by atoms with E-state index in [1.54, 1.807) is 0 Å². The van der Waals surface area contributed by atoms with Gasteiger partial charge in [-0.25, -0.2) is 0 Å². The topological polar surface area (TPSA) is 52.5 Å². The first-order chi connectivity index (χ1) is 10.1. The van der Waals surface area contributed by atoms with E-state index in [0.717, 1.165) is 51.4 Å². The highest BCUT2D eigenvalue weighted by atomic mass is 16.3. The number of hydrogen-bond donors (Lipinski definition) is 1. The van der Waals surface area contributed by atoms with Crippen molar-refractivity contribution in [2.24, 2.45) is 0 Å². The second-order valence-corrected chi connectivity index (χ2v) is 6.67. The van der Waals surface area contributed by atoms with E-state index in [9.17, 15) is 5.11 Å². The normalized spacial score (nSPS) is 22.7. The van der Waals surface area contributed by atoms with Crippen LogP contribution in [0.2, 0.25) is 0 Å². The molecule has 0 radical (unpaired) electrons. The number of rotatable bonds is 3. The van der Waals surface area contributed by atoms with E-state index >= 15 is 0 Å². The van der Waals surface area contributed by atoms with Crippen molar-refractivity contribution in [1.82, 2.24) is 15.1 Å². The van der Waals surface area contributed by atoms with E-state index in [1.807, 2.05) is 6.20 Å². The smallest absolute Gasteiger partial charge is 0.154 e. The lowest BCUT2D eigenvalue weighted by Gasteiger charge is -2.40. The third kappa shape index (κ3) is 3.19. The monoisotopic (exact) mass is 290 g/mol. The molecule has 0 spiro atoms. The molecule has 2 aliphatic heterocycles.